The highest BCUT2D eigenvalue weighted by molar-refractivity contribution is 5.93. The van der Waals surface area contributed by atoms with Crippen molar-refractivity contribution < 1.29 is 4.79 Å². The molecule has 0 atom stereocenters. The highest BCUT2D eigenvalue weighted by Crippen LogP contribution is 2.25. The third-order valence-electron chi connectivity index (χ3n) is 3.30. The smallest absolute Gasteiger partial charge is 0.239 e. The van der Waals surface area contributed by atoms with Crippen LogP contribution in [0.25, 0.3) is 10.9 Å². The summed E-state index contributed by atoms with van der Waals surface area (Å²) in [6.45, 7) is 7.87. The fraction of sp³-hybridized carbons (Fsp3) is 0.375. The van der Waals surface area contributed by atoms with Gasteiger partial charge in [-0.2, -0.15) is 0 Å². The van der Waals surface area contributed by atoms with Crippen LogP contribution in [0.5, 0.6) is 0 Å². The van der Waals surface area contributed by atoms with Crippen LogP contribution in [0.15, 0.2) is 30.5 Å². The number of hydrogen-bond acceptors (Lipinski definition) is 3. The molecule has 2 aromatic rings. The minimum absolute atomic E-state index is 0.0481. The van der Waals surface area contributed by atoms with E-state index in [-0.39, 0.29) is 5.91 Å². The topological polar surface area (TPSA) is 45.2 Å². The van der Waals surface area contributed by atoms with Crippen LogP contribution in [-0.4, -0.2) is 30.5 Å². The first-order valence-electron chi connectivity index (χ1n) is 7.02. The Bertz CT molecular complexity index is 610. The standard InChI is InChI=1S/C16H21N3O/c1-4-17-16(20)11-19(5-2)15-8-9-18-14-7-6-12(3)10-13(14)15/h6-10H,4-5,11H2,1-3H3,(H,17,20). The molecule has 0 saturated heterocycles. The minimum atomic E-state index is 0.0481. The second-order valence-corrected chi connectivity index (χ2v) is 4.82. The quantitative estimate of drug-likeness (QED) is 0.909. The summed E-state index contributed by atoms with van der Waals surface area (Å²) in [7, 11) is 0. The first kappa shape index (κ1) is 14.3. The number of nitrogens with zero attached hydrogens (tertiary/aromatic N) is 2. The maximum atomic E-state index is 11.8. The lowest BCUT2D eigenvalue weighted by molar-refractivity contribution is -0.119. The van der Waals surface area contributed by atoms with Gasteiger partial charge in [0.15, 0.2) is 0 Å². The molecule has 0 radical (unpaired) electrons. The number of rotatable bonds is 5. The van der Waals surface area contributed by atoms with E-state index in [4.69, 9.17) is 0 Å². The molecule has 0 aliphatic rings. The summed E-state index contributed by atoms with van der Waals surface area (Å²) in [6, 6.07) is 8.18. The summed E-state index contributed by atoms with van der Waals surface area (Å²) in [5.74, 6) is 0.0481. The molecule has 20 heavy (non-hydrogen) atoms. The Morgan fingerprint density at radius 1 is 1.30 bits per heavy atom. The number of amides is 1. The molecule has 4 heteroatoms. The molecule has 1 heterocycles. The normalized spacial score (nSPS) is 10.6. The monoisotopic (exact) mass is 271 g/mol. The molecule has 0 bridgehead atoms. The van der Waals surface area contributed by atoms with E-state index < -0.39 is 0 Å². The lowest BCUT2D eigenvalue weighted by Crippen LogP contribution is -2.37. The van der Waals surface area contributed by atoms with Gasteiger partial charge in [0.2, 0.25) is 5.91 Å². The van der Waals surface area contributed by atoms with Gasteiger partial charge in [0.25, 0.3) is 0 Å². The van der Waals surface area contributed by atoms with Crippen LogP contribution in [0, 0.1) is 6.92 Å². The SMILES string of the molecule is CCNC(=O)CN(CC)c1ccnc2ccc(C)cc12. The molecular weight excluding hydrogens is 250 g/mol. The van der Waals surface area contributed by atoms with E-state index in [0.29, 0.717) is 13.1 Å². The van der Waals surface area contributed by atoms with E-state index in [1.807, 2.05) is 19.1 Å². The number of nitrogens with one attached hydrogen (secondary N) is 1. The largest absolute Gasteiger partial charge is 0.362 e. The Kier molecular flexibility index (Phi) is 4.56. The van der Waals surface area contributed by atoms with Crippen molar-refractivity contribution in [3.05, 3.63) is 36.0 Å². The van der Waals surface area contributed by atoms with Crippen molar-refractivity contribution in [2.24, 2.45) is 0 Å². The molecule has 106 valence electrons. The molecule has 2 rings (SSSR count). The number of aryl methyl sites for hydroxylation is 1. The number of carbonyl (C=O) groups is 1. The van der Waals surface area contributed by atoms with Crippen LogP contribution < -0.4 is 10.2 Å². The molecule has 0 saturated carbocycles. The van der Waals surface area contributed by atoms with Gasteiger partial charge < -0.3 is 10.2 Å². The van der Waals surface area contributed by atoms with Crippen LogP contribution in [0.2, 0.25) is 0 Å². The zero-order valence-electron chi connectivity index (χ0n) is 12.3. The third-order valence-corrected chi connectivity index (χ3v) is 3.30. The zero-order chi connectivity index (χ0) is 14.5. The number of benzene rings is 1. The van der Waals surface area contributed by atoms with Crippen LogP contribution >= 0.6 is 0 Å². The number of aromatic nitrogens is 1. The van der Waals surface area contributed by atoms with Crippen LogP contribution in [0.3, 0.4) is 0 Å². The van der Waals surface area contributed by atoms with Gasteiger partial charge in [-0.3, -0.25) is 9.78 Å². The van der Waals surface area contributed by atoms with Crippen molar-refractivity contribution in [2.45, 2.75) is 20.8 Å². The number of anilines is 1. The first-order valence-corrected chi connectivity index (χ1v) is 7.02. The molecule has 0 aliphatic heterocycles. The van der Waals surface area contributed by atoms with Gasteiger partial charge in [0, 0.05) is 30.4 Å². The highest BCUT2D eigenvalue weighted by Gasteiger charge is 2.12. The van der Waals surface area contributed by atoms with Crippen LogP contribution in [0.1, 0.15) is 19.4 Å². The van der Waals surface area contributed by atoms with E-state index in [0.717, 1.165) is 23.1 Å². The number of pyridine rings is 1. The van der Waals surface area contributed by atoms with Crippen molar-refractivity contribution in [1.29, 1.82) is 0 Å². The van der Waals surface area contributed by atoms with Crippen molar-refractivity contribution in [3.8, 4) is 0 Å². The van der Waals surface area contributed by atoms with Crippen molar-refractivity contribution in [3.63, 3.8) is 0 Å². The zero-order valence-corrected chi connectivity index (χ0v) is 12.3. The molecule has 0 unspecified atom stereocenters. The maximum Gasteiger partial charge on any atom is 0.239 e. The van der Waals surface area contributed by atoms with Gasteiger partial charge in [0.1, 0.15) is 0 Å². The summed E-state index contributed by atoms with van der Waals surface area (Å²) in [4.78, 5) is 18.3. The highest BCUT2D eigenvalue weighted by atomic mass is 16.2. The molecule has 0 spiro atoms. The maximum absolute atomic E-state index is 11.8. The predicted octanol–water partition coefficient (Wildman–Crippen LogP) is 2.51. The number of carbonyl (C=O) groups excluding carboxylic acids is 1. The van der Waals surface area contributed by atoms with E-state index in [2.05, 4.69) is 41.2 Å². The number of fused-ring (bicyclic) bond motifs is 1. The second kappa shape index (κ2) is 6.37. The van der Waals surface area contributed by atoms with E-state index in [1.165, 1.54) is 5.56 Å². The molecule has 4 nitrogen and oxygen atoms in total. The van der Waals surface area contributed by atoms with Crippen molar-refractivity contribution in [1.82, 2.24) is 10.3 Å². The van der Waals surface area contributed by atoms with Crippen LogP contribution in [-0.2, 0) is 4.79 Å². The lowest BCUT2D eigenvalue weighted by atomic mass is 10.1. The van der Waals surface area contributed by atoms with Gasteiger partial charge in [0.05, 0.1) is 12.1 Å². The Hall–Kier alpha value is -2.10. The Morgan fingerprint density at radius 3 is 2.80 bits per heavy atom. The van der Waals surface area contributed by atoms with Gasteiger partial charge in [-0.25, -0.2) is 0 Å². The van der Waals surface area contributed by atoms with E-state index >= 15 is 0 Å². The summed E-state index contributed by atoms with van der Waals surface area (Å²) in [5, 5.41) is 3.94. The van der Waals surface area contributed by atoms with E-state index in [1.54, 1.807) is 6.20 Å². The van der Waals surface area contributed by atoms with Gasteiger partial charge in [-0.1, -0.05) is 11.6 Å². The Balaban J connectivity index is 2.38. The van der Waals surface area contributed by atoms with Crippen molar-refractivity contribution >= 4 is 22.5 Å². The molecular formula is C16H21N3O. The Morgan fingerprint density at radius 2 is 2.10 bits per heavy atom. The summed E-state index contributed by atoms with van der Waals surface area (Å²) < 4.78 is 0. The average Bonchev–Trinajstić information content (AvgIpc) is 2.44. The molecule has 0 fully saturated rings. The van der Waals surface area contributed by atoms with Gasteiger partial charge in [-0.15, -0.1) is 0 Å². The number of hydrogen-bond donors (Lipinski definition) is 1. The van der Waals surface area contributed by atoms with Gasteiger partial charge >= 0.3 is 0 Å². The molecule has 0 aliphatic carbocycles. The summed E-state index contributed by atoms with van der Waals surface area (Å²) in [6.07, 6.45) is 1.80. The minimum Gasteiger partial charge on any atom is -0.362 e. The second-order valence-electron chi connectivity index (χ2n) is 4.82. The predicted molar refractivity (Wildman–Crippen MR) is 83.1 cm³/mol. The van der Waals surface area contributed by atoms with Crippen molar-refractivity contribution in [2.75, 3.05) is 24.5 Å². The molecule has 1 amide bonds. The lowest BCUT2D eigenvalue weighted by Gasteiger charge is -2.23. The first-order chi connectivity index (χ1) is 9.65. The van der Waals surface area contributed by atoms with Gasteiger partial charge in [-0.05, 0) is 39.0 Å². The van der Waals surface area contributed by atoms with E-state index in [9.17, 15) is 4.79 Å². The molecule has 1 N–H and O–H groups in total. The summed E-state index contributed by atoms with van der Waals surface area (Å²) in [5.41, 5.74) is 3.22. The fourth-order valence-corrected chi connectivity index (χ4v) is 2.32. The molecule has 1 aromatic heterocycles. The number of likely N-dealkylation sites (N-methyl/N-ethyl adjacent to an activating group) is 2. The van der Waals surface area contributed by atoms with Crippen LogP contribution in [0.4, 0.5) is 5.69 Å². The Labute approximate surface area is 119 Å². The summed E-state index contributed by atoms with van der Waals surface area (Å²) >= 11 is 0. The third kappa shape index (κ3) is 3.07. The molecule has 1 aromatic carbocycles. The average molecular weight is 271 g/mol. The fourth-order valence-electron chi connectivity index (χ4n) is 2.32.